The third kappa shape index (κ3) is 3.90. The van der Waals surface area contributed by atoms with Crippen molar-refractivity contribution in [3.8, 4) is 0 Å². The van der Waals surface area contributed by atoms with Crippen LogP contribution in [0.5, 0.6) is 0 Å². The highest BCUT2D eigenvalue weighted by molar-refractivity contribution is 5.49. The first-order valence-electron chi connectivity index (χ1n) is 4.81. The van der Waals surface area contributed by atoms with Crippen LogP contribution in [0.2, 0.25) is 0 Å². The molecule has 0 fully saturated rings. The van der Waals surface area contributed by atoms with E-state index in [1.54, 1.807) is 0 Å². The summed E-state index contributed by atoms with van der Waals surface area (Å²) in [7, 11) is 0. The van der Waals surface area contributed by atoms with Crippen LogP contribution in [0.15, 0.2) is 36.4 Å². The maximum Gasteiger partial charge on any atom is 0.0226 e. The van der Waals surface area contributed by atoms with E-state index in [9.17, 15) is 0 Å². The molecule has 0 radical (unpaired) electrons. The molecule has 13 heavy (non-hydrogen) atoms. The van der Waals surface area contributed by atoms with E-state index >= 15 is 0 Å². The van der Waals surface area contributed by atoms with Crippen LogP contribution in [0.25, 0.3) is 6.08 Å². The van der Waals surface area contributed by atoms with Crippen LogP contribution in [-0.2, 0) is 0 Å². The summed E-state index contributed by atoms with van der Waals surface area (Å²) in [5.74, 6) is 0. The predicted molar refractivity (Wildman–Crippen MR) is 58.4 cm³/mol. The molecule has 0 aliphatic carbocycles. The summed E-state index contributed by atoms with van der Waals surface area (Å²) >= 11 is 0. The first-order valence-corrected chi connectivity index (χ1v) is 4.81. The van der Waals surface area contributed by atoms with Crippen molar-refractivity contribution in [1.29, 1.82) is 0 Å². The van der Waals surface area contributed by atoms with Crippen molar-refractivity contribution < 1.29 is 0 Å². The van der Waals surface area contributed by atoms with E-state index in [2.05, 4.69) is 31.2 Å². The molecule has 2 N–H and O–H groups in total. The lowest BCUT2D eigenvalue weighted by Gasteiger charge is -2.02. The van der Waals surface area contributed by atoms with Gasteiger partial charge in [0.2, 0.25) is 0 Å². The normalized spacial score (nSPS) is 13.4. The van der Waals surface area contributed by atoms with E-state index in [1.807, 2.05) is 18.2 Å². The molecular formula is C12H17N. The number of rotatable bonds is 4. The monoisotopic (exact) mass is 175 g/mol. The lowest BCUT2D eigenvalue weighted by molar-refractivity contribution is 0.706. The molecule has 0 spiro atoms. The van der Waals surface area contributed by atoms with Gasteiger partial charge in [-0.05, 0) is 12.0 Å². The lowest BCUT2D eigenvalue weighted by atomic mass is 10.1. The van der Waals surface area contributed by atoms with Crippen molar-refractivity contribution in [2.45, 2.75) is 25.8 Å². The minimum absolute atomic E-state index is 0.199. The van der Waals surface area contributed by atoms with Crippen molar-refractivity contribution in [1.82, 2.24) is 0 Å². The van der Waals surface area contributed by atoms with Crippen molar-refractivity contribution in [2.24, 2.45) is 5.73 Å². The van der Waals surface area contributed by atoms with Gasteiger partial charge in [-0.3, -0.25) is 0 Å². The highest BCUT2D eigenvalue weighted by Crippen LogP contribution is 2.03. The van der Waals surface area contributed by atoms with Gasteiger partial charge >= 0.3 is 0 Å². The van der Waals surface area contributed by atoms with Gasteiger partial charge in [0, 0.05) is 6.04 Å². The molecule has 1 aromatic carbocycles. The second-order valence-electron chi connectivity index (χ2n) is 3.22. The standard InChI is InChI=1S/C12H17N/c1-2-6-12(13)10-9-11-7-4-3-5-8-11/h3-5,7-10,12H,2,6,13H2,1H3/b10-9+/t12-/m0/s1. The van der Waals surface area contributed by atoms with Crippen LogP contribution in [0.3, 0.4) is 0 Å². The average Bonchev–Trinajstić information content (AvgIpc) is 2.17. The van der Waals surface area contributed by atoms with Crippen LogP contribution in [0.4, 0.5) is 0 Å². The molecule has 0 saturated carbocycles. The van der Waals surface area contributed by atoms with Gasteiger partial charge in [0.05, 0.1) is 0 Å². The quantitative estimate of drug-likeness (QED) is 0.748. The molecule has 70 valence electrons. The summed E-state index contributed by atoms with van der Waals surface area (Å²) in [4.78, 5) is 0. The molecule has 1 aromatic rings. The summed E-state index contributed by atoms with van der Waals surface area (Å²) in [5.41, 5.74) is 7.06. The van der Waals surface area contributed by atoms with Crippen molar-refractivity contribution in [2.75, 3.05) is 0 Å². The van der Waals surface area contributed by atoms with Crippen LogP contribution in [0, 0.1) is 0 Å². The minimum atomic E-state index is 0.199. The molecule has 0 unspecified atom stereocenters. The Morgan fingerprint density at radius 1 is 1.31 bits per heavy atom. The topological polar surface area (TPSA) is 26.0 Å². The molecule has 0 heterocycles. The largest absolute Gasteiger partial charge is 0.324 e. The molecule has 0 aliphatic heterocycles. The molecule has 0 amide bonds. The fourth-order valence-electron chi connectivity index (χ4n) is 1.23. The van der Waals surface area contributed by atoms with Gasteiger partial charge in [0.25, 0.3) is 0 Å². The van der Waals surface area contributed by atoms with Gasteiger partial charge in [-0.1, -0.05) is 55.8 Å². The van der Waals surface area contributed by atoms with Crippen LogP contribution >= 0.6 is 0 Å². The highest BCUT2D eigenvalue weighted by atomic mass is 14.6. The Balaban J connectivity index is 2.49. The van der Waals surface area contributed by atoms with E-state index in [0.29, 0.717) is 0 Å². The molecule has 0 bridgehead atoms. The molecule has 1 rings (SSSR count). The molecule has 1 nitrogen and oxygen atoms in total. The summed E-state index contributed by atoms with van der Waals surface area (Å²) in [6, 6.07) is 10.4. The van der Waals surface area contributed by atoms with E-state index in [0.717, 1.165) is 12.8 Å². The smallest absolute Gasteiger partial charge is 0.0226 e. The molecule has 0 aromatic heterocycles. The maximum atomic E-state index is 5.85. The first-order chi connectivity index (χ1) is 6.33. The van der Waals surface area contributed by atoms with Gasteiger partial charge < -0.3 is 5.73 Å². The molecule has 0 aliphatic rings. The SMILES string of the molecule is CCC[C@H](N)/C=C/c1ccccc1. The van der Waals surface area contributed by atoms with E-state index in [4.69, 9.17) is 5.73 Å². The van der Waals surface area contributed by atoms with Gasteiger partial charge in [-0.25, -0.2) is 0 Å². The zero-order valence-corrected chi connectivity index (χ0v) is 8.11. The first kappa shape index (κ1) is 10.0. The second kappa shape index (κ2) is 5.55. The van der Waals surface area contributed by atoms with Crippen molar-refractivity contribution in [3.63, 3.8) is 0 Å². The summed E-state index contributed by atoms with van der Waals surface area (Å²) in [6.45, 7) is 2.15. The fraction of sp³-hybridized carbons (Fsp3) is 0.333. The Labute approximate surface area is 80.3 Å². The third-order valence-corrected chi connectivity index (χ3v) is 1.96. The molecule has 1 heteroatoms. The number of benzene rings is 1. The second-order valence-corrected chi connectivity index (χ2v) is 3.22. The maximum absolute atomic E-state index is 5.85. The molecular weight excluding hydrogens is 158 g/mol. The Morgan fingerprint density at radius 3 is 2.62 bits per heavy atom. The van der Waals surface area contributed by atoms with Gasteiger partial charge in [0.15, 0.2) is 0 Å². The Hall–Kier alpha value is -1.08. The lowest BCUT2D eigenvalue weighted by Crippen LogP contribution is -2.15. The number of nitrogens with two attached hydrogens (primary N) is 1. The van der Waals surface area contributed by atoms with Crippen LogP contribution in [0.1, 0.15) is 25.3 Å². The number of hydrogen-bond donors (Lipinski definition) is 1. The number of hydrogen-bond acceptors (Lipinski definition) is 1. The zero-order chi connectivity index (χ0) is 9.52. The predicted octanol–water partition coefficient (Wildman–Crippen LogP) is 2.83. The molecule has 1 atom stereocenters. The summed E-state index contributed by atoms with van der Waals surface area (Å²) in [5, 5.41) is 0. The van der Waals surface area contributed by atoms with Crippen molar-refractivity contribution in [3.05, 3.63) is 42.0 Å². The van der Waals surface area contributed by atoms with Crippen LogP contribution in [-0.4, -0.2) is 6.04 Å². The fourth-order valence-corrected chi connectivity index (χ4v) is 1.23. The Bertz CT molecular complexity index is 251. The summed E-state index contributed by atoms with van der Waals surface area (Å²) in [6.07, 6.45) is 6.35. The summed E-state index contributed by atoms with van der Waals surface area (Å²) < 4.78 is 0. The Kier molecular flexibility index (Phi) is 4.27. The highest BCUT2D eigenvalue weighted by Gasteiger charge is 1.93. The van der Waals surface area contributed by atoms with E-state index in [1.165, 1.54) is 5.56 Å². The van der Waals surface area contributed by atoms with E-state index < -0.39 is 0 Å². The van der Waals surface area contributed by atoms with Gasteiger partial charge in [0.1, 0.15) is 0 Å². The van der Waals surface area contributed by atoms with Gasteiger partial charge in [-0.2, -0.15) is 0 Å². The van der Waals surface area contributed by atoms with Gasteiger partial charge in [-0.15, -0.1) is 0 Å². The third-order valence-electron chi connectivity index (χ3n) is 1.96. The minimum Gasteiger partial charge on any atom is -0.324 e. The zero-order valence-electron chi connectivity index (χ0n) is 8.11. The van der Waals surface area contributed by atoms with E-state index in [-0.39, 0.29) is 6.04 Å². The van der Waals surface area contributed by atoms with Crippen LogP contribution < -0.4 is 5.73 Å². The molecule has 0 saturated heterocycles. The van der Waals surface area contributed by atoms with Crippen molar-refractivity contribution >= 4 is 6.08 Å². The average molecular weight is 175 g/mol. The Morgan fingerprint density at radius 2 is 2.00 bits per heavy atom.